The fourth-order valence-corrected chi connectivity index (χ4v) is 11.9. The van der Waals surface area contributed by atoms with Crippen LogP contribution in [0, 0.1) is 0 Å². The number of allylic oxidation sites excluding steroid dienone is 2. The van der Waals surface area contributed by atoms with E-state index in [0.717, 1.165) is 38.5 Å². The molecule has 0 rings (SSSR count). The molecule has 2 atom stereocenters. The van der Waals surface area contributed by atoms with Gasteiger partial charge in [0.1, 0.15) is 0 Å². The first-order chi connectivity index (χ1) is 39.5. The largest absolute Gasteiger partial charge is 0.466 e. The van der Waals surface area contributed by atoms with Crippen molar-refractivity contribution in [3.63, 3.8) is 0 Å². The maximum absolute atomic E-state index is 12.6. The molecule has 0 aromatic carbocycles. The number of aliphatic hydroxyl groups excluding tert-OH is 2. The molecule has 0 aliphatic carbocycles. The highest BCUT2D eigenvalue weighted by molar-refractivity contribution is 5.76. The molecule has 0 aliphatic rings. The second-order valence-corrected chi connectivity index (χ2v) is 25.6. The summed E-state index contributed by atoms with van der Waals surface area (Å²) >= 11 is 0. The highest BCUT2D eigenvalue weighted by Gasteiger charge is 2.20. The quantitative estimate of drug-likeness (QED) is 0.0320. The lowest BCUT2D eigenvalue weighted by Crippen LogP contribution is -2.45. The Kier molecular flexibility index (Phi) is 68.9. The minimum Gasteiger partial charge on any atom is -0.466 e. The smallest absolute Gasteiger partial charge is 0.305 e. The van der Waals surface area contributed by atoms with Gasteiger partial charge in [0.15, 0.2) is 0 Å². The van der Waals surface area contributed by atoms with Gasteiger partial charge in [0, 0.05) is 12.8 Å². The van der Waals surface area contributed by atoms with Crippen LogP contribution in [0.2, 0.25) is 0 Å². The molecule has 3 N–H and O–H groups in total. The second-order valence-electron chi connectivity index (χ2n) is 25.6. The number of ether oxygens (including phenoxy) is 1. The first kappa shape index (κ1) is 78.6. The van der Waals surface area contributed by atoms with Gasteiger partial charge in [0.05, 0.1) is 25.4 Å². The molecule has 0 aromatic rings. The van der Waals surface area contributed by atoms with Gasteiger partial charge in [-0.1, -0.05) is 373 Å². The van der Waals surface area contributed by atoms with Gasteiger partial charge >= 0.3 is 5.97 Å². The average molecular weight is 1130 g/mol. The molecule has 6 heteroatoms. The number of aliphatic hydroxyl groups is 2. The van der Waals surface area contributed by atoms with Crippen molar-refractivity contribution in [2.75, 3.05) is 13.2 Å². The van der Waals surface area contributed by atoms with Crippen LogP contribution in [-0.2, 0) is 14.3 Å². The fourth-order valence-electron chi connectivity index (χ4n) is 11.9. The number of hydrogen-bond donors (Lipinski definition) is 3. The van der Waals surface area contributed by atoms with Crippen molar-refractivity contribution in [1.29, 1.82) is 0 Å². The molecular formula is C74H145NO5. The number of unbranched alkanes of at least 4 members (excludes halogenated alkanes) is 57. The van der Waals surface area contributed by atoms with Gasteiger partial charge in [-0.3, -0.25) is 9.59 Å². The predicted molar refractivity (Wildman–Crippen MR) is 352 cm³/mol. The van der Waals surface area contributed by atoms with Crippen molar-refractivity contribution in [3.05, 3.63) is 12.2 Å². The van der Waals surface area contributed by atoms with Crippen LogP contribution in [0.15, 0.2) is 12.2 Å². The summed E-state index contributed by atoms with van der Waals surface area (Å²) in [7, 11) is 0. The predicted octanol–water partition coefficient (Wildman–Crippen LogP) is 23.9. The number of carbonyl (C=O) groups is 2. The Balaban J connectivity index is 3.38. The van der Waals surface area contributed by atoms with Gasteiger partial charge in [0.2, 0.25) is 5.91 Å². The van der Waals surface area contributed by atoms with Crippen molar-refractivity contribution in [2.24, 2.45) is 0 Å². The van der Waals surface area contributed by atoms with E-state index in [0.29, 0.717) is 25.9 Å². The Morgan fingerprint density at radius 2 is 0.588 bits per heavy atom. The first-order valence-electron chi connectivity index (χ1n) is 36.9. The standard InChI is InChI=1S/C74H145NO5/c1-3-5-7-9-11-13-15-16-17-18-19-20-21-25-28-31-34-37-40-43-47-50-54-58-62-66-72(77)71(70-76)75-73(78)67-63-59-55-51-48-44-41-38-35-32-29-26-23-22-24-27-30-33-36-39-42-45-49-53-57-61-65-69-80-74(79)68-64-60-56-52-46-14-12-10-8-6-4-2/h22-23,71-72,76-77H,3-21,24-70H2,1-2H3,(H,75,78)/b23-22-. The van der Waals surface area contributed by atoms with Crippen molar-refractivity contribution in [2.45, 2.75) is 437 Å². The molecule has 6 nitrogen and oxygen atoms in total. The van der Waals surface area contributed by atoms with Gasteiger partial charge in [-0.15, -0.1) is 0 Å². The Hall–Kier alpha value is -1.40. The van der Waals surface area contributed by atoms with E-state index in [1.54, 1.807) is 0 Å². The van der Waals surface area contributed by atoms with E-state index in [4.69, 9.17) is 4.74 Å². The SMILES string of the molecule is CCCCCCCCCCCCCCCCCCCCCCCCCCCC(O)C(CO)NC(=O)CCCCCCCCCCCCC/C=C\CCCCCCCCCCCCCCOC(=O)CCCCCCCCCCCCC. The number of rotatable bonds is 70. The molecule has 80 heavy (non-hydrogen) atoms. The van der Waals surface area contributed by atoms with E-state index in [1.807, 2.05) is 0 Å². The Bertz CT molecular complexity index is 1210. The molecule has 0 aliphatic heterocycles. The molecule has 0 radical (unpaired) electrons. The summed E-state index contributed by atoms with van der Waals surface area (Å²) in [6, 6.07) is -0.543. The van der Waals surface area contributed by atoms with Crippen molar-refractivity contribution in [1.82, 2.24) is 5.32 Å². The summed E-state index contributed by atoms with van der Waals surface area (Å²) < 4.78 is 5.48. The number of nitrogens with one attached hydrogen (secondary N) is 1. The van der Waals surface area contributed by atoms with Crippen LogP contribution in [0.1, 0.15) is 425 Å². The van der Waals surface area contributed by atoms with Gasteiger partial charge in [-0.05, 0) is 51.4 Å². The molecule has 1 amide bonds. The van der Waals surface area contributed by atoms with Crippen LogP contribution in [0.25, 0.3) is 0 Å². The number of carbonyl (C=O) groups excluding carboxylic acids is 2. The van der Waals surface area contributed by atoms with Crippen molar-refractivity contribution >= 4 is 11.9 Å². The molecule has 0 spiro atoms. The van der Waals surface area contributed by atoms with Crippen LogP contribution in [0.3, 0.4) is 0 Å². The van der Waals surface area contributed by atoms with Crippen LogP contribution in [-0.4, -0.2) is 47.4 Å². The molecule has 0 fully saturated rings. The van der Waals surface area contributed by atoms with Gasteiger partial charge in [-0.2, -0.15) is 0 Å². The third-order valence-electron chi connectivity index (χ3n) is 17.6. The lowest BCUT2D eigenvalue weighted by Gasteiger charge is -2.22. The van der Waals surface area contributed by atoms with E-state index in [1.165, 1.54) is 353 Å². The number of hydrogen-bond acceptors (Lipinski definition) is 5. The minimum atomic E-state index is -0.666. The van der Waals surface area contributed by atoms with E-state index in [-0.39, 0.29) is 18.5 Å². The van der Waals surface area contributed by atoms with E-state index >= 15 is 0 Å². The summed E-state index contributed by atoms with van der Waals surface area (Å²) in [5, 5.41) is 23.5. The molecule has 0 saturated carbocycles. The van der Waals surface area contributed by atoms with Crippen LogP contribution in [0.5, 0.6) is 0 Å². The molecule has 2 unspecified atom stereocenters. The Morgan fingerprint density at radius 3 is 0.887 bits per heavy atom. The maximum Gasteiger partial charge on any atom is 0.305 e. The molecule has 0 aromatic heterocycles. The first-order valence-corrected chi connectivity index (χ1v) is 36.9. The number of amides is 1. The topological polar surface area (TPSA) is 95.9 Å². The summed E-state index contributed by atoms with van der Waals surface area (Å²) in [6.45, 7) is 5.00. The average Bonchev–Trinajstić information content (AvgIpc) is 3.46. The van der Waals surface area contributed by atoms with Crippen LogP contribution in [0.4, 0.5) is 0 Å². The van der Waals surface area contributed by atoms with E-state index in [2.05, 4.69) is 31.3 Å². The highest BCUT2D eigenvalue weighted by atomic mass is 16.5. The zero-order chi connectivity index (χ0) is 57.8. The monoisotopic (exact) mass is 1130 g/mol. The lowest BCUT2D eigenvalue weighted by molar-refractivity contribution is -0.143. The minimum absolute atomic E-state index is 0.0160. The third kappa shape index (κ3) is 65.7. The summed E-state index contributed by atoms with van der Waals surface area (Å²) in [5.74, 6) is -0.0141. The van der Waals surface area contributed by atoms with Crippen LogP contribution < -0.4 is 5.32 Å². The zero-order valence-corrected chi connectivity index (χ0v) is 54.6. The molecule has 476 valence electrons. The Labute approximate surface area is 501 Å². The fraction of sp³-hybridized carbons (Fsp3) is 0.946. The normalized spacial score (nSPS) is 12.5. The van der Waals surface area contributed by atoms with Gasteiger partial charge in [-0.25, -0.2) is 0 Å². The summed E-state index contributed by atoms with van der Waals surface area (Å²) in [6.07, 6.45) is 87.0. The summed E-state index contributed by atoms with van der Waals surface area (Å²) in [5.41, 5.74) is 0. The van der Waals surface area contributed by atoms with Crippen molar-refractivity contribution in [3.8, 4) is 0 Å². The second kappa shape index (κ2) is 70.1. The van der Waals surface area contributed by atoms with E-state index in [9.17, 15) is 19.8 Å². The Morgan fingerprint density at radius 1 is 0.338 bits per heavy atom. The van der Waals surface area contributed by atoms with Gasteiger partial charge in [0.25, 0.3) is 0 Å². The third-order valence-corrected chi connectivity index (χ3v) is 17.6. The molecule has 0 saturated heterocycles. The number of esters is 1. The summed E-state index contributed by atoms with van der Waals surface area (Å²) in [4.78, 5) is 24.6. The molecule has 0 bridgehead atoms. The zero-order valence-electron chi connectivity index (χ0n) is 54.6. The molecular weight excluding hydrogens is 983 g/mol. The molecule has 0 heterocycles. The lowest BCUT2D eigenvalue weighted by atomic mass is 10.0. The van der Waals surface area contributed by atoms with Crippen molar-refractivity contribution < 1.29 is 24.5 Å². The highest BCUT2D eigenvalue weighted by Crippen LogP contribution is 2.20. The van der Waals surface area contributed by atoms with Crippen LogP contribution >= 0.6 is 0 Å². The maximum atomic E-state index is 12.6. The van der Waals surface area contributed by atoms with Gasteiger partial charge < -0.3 is 20.3 Å². The van der Waals surface area contributed by atoms with E-state index < -0.39 is 12.1 Å².